The van der Waals surface area contributed by atoms with Crippen molar-refractivity contribution >= 4 is 22.5 Å². The number of phenolic OH excluding ortho intramolecular Hbond substituents is 1. The molecule has 0 aliphatic carbocycles. The summed E-state index contributed by atoms with van der Waals surface area (Å²) in [5.74, 6) is 0.218. The number of phenols is 1. The molecule has 20 heavy (non-hydrogen) atoms. The molecule has 0 fully saturated rings. The molecule has 3 aromatic rings. The van der Waals surface area contributed by atoms with E-state index in [0.717, 1.165) is 22.2 Å². The van der Waals surface area contributed by atoms with Gasteiger partial charge in [0.25, 0.3) is 0 Å². The van der Waals surface area contributed by atoms with Gasteiger partial charge in [0, 0.05) is 16.0 Å². The van der Waals surface area contributed by atoms with Crippen molar-refractivity contribution in [3.63, 3.8) is 0 Å². The maximum Gasteiger partial charge on any atom is 0.115 e. The van der Waals surface area contributed by atoms with Crippen molar-refractivity contribution in [3.8, 4) is 17.0 Å². The number of hydrogen-bond acceptors (Lipinski definition) is 3. The minimum Gasteiger partial charge on any atom is -0.508 e. The third-order valence-electron chi connectivity index (χ3n) is 3.17. The van der Waals surface area contributed by atoms with Crippen molar-refractivity contribution in [2.24, 2.45) is 0 Å². The first-order valence-corrected chi connectivity index (χ1v) is 6.63. The van der Waals surface area contributed by atoms with Crippen LogP contribution < -0.4 is 0 Å². The van der Waals surface area contributed by atoms with Gasteiger partial charge in [0.1, 0.15) is 11.4 Å². The predicted octanol–water partition coefficient (Wildman–Crippen LogP) is 3.05. The molecule has 0 atom stereocenters. The monoisotopic (exact) mass is 288 g/mol. The maximum absolute atomic E-state index is 9.37. The minimum absolute atomic E-state index is 0.0122. The fourth-order valence-corrected chi connectivity index (χ4v) is 2.41. The van der Waals surface area contributed by atoms with Crippen LogP contribution in [0.2, 0.25) is 5.02 Å². The van der Waals surface area contributed by atoms with Gasteiger partial charge in [-0.15, -0.1) is 0 Å². The Morgan fingerprint density at radius 1 is 1.10 bits per heavy atom. The van der Waals surface area contributed by atoms with Crippen molar-refractivity contribution < 1.29 is 10.2 Å². The standard InChI is InChI=1S/C15H13ClN2O2/c16-11-3-6-13-14(9-11)18(7-8-19)17-15(13)10-1-4-12(20)5-2-10/h1-6,9,19-20H,7-8H2. The van der Waals surface area contributed by atoms with E-state index >= 15 is 0 Å². The summed E-state index contributed by atoms with van der Waals surface area (Å²) in [7, 11) is 0. The van der Waals surface area contributed by atoms with Crippen molar-refractivity contribution in [1.29, 1.82) is 0 Å². The molecule has 0 amide bonds. The predicted molar refractivity (Wildman–Crippen MR) is 78.9 cm³/mol. The highest BCUT2D eigenvalue weighted by atomic mass is 35.5. The molecule has 2 aromatic carbocycles. The molecule has 0 aliphatic heterocycles. The van der Waals surface area contributed by atoms with Crippen LogP contribution in [0.25, 0.3) is 22.2 Å². The molecule has 1 aromatic heterocycles. The summed E-state index contributed by atoms with van der Waals surface area (Å²) in [6.45, 7) is 0.424. The second kappa shape index (κ2) is 5.15. The number of aliphatic hydroxyl groups excluding tert-OH is 1. The van der Waals surface area contributed by atoms with Crippen molar-refractivity contribution in [2.45, 2.75) is 6.54 Å². The zero-order valence-electron chi connectivity index (χ0n) is 10.6. The Morgan fingerprint density at radius 3 is 2.55 bits per heavy atom. The second-order valence-electron chi connectivity index (χ2n) is 4.50. The lowest BCUT2D eigenvalue weighted by Crippen LogP contribution is -2.03. The number of rotatable bonds is 3. The van der Waals surface area contributed by atoms with Gasteiger partial charge < -0.3 is 10.2 Å². The van der Waals surface area contributed by atoms with Gasteiger partial charge in [-0.2, -0.15) is 5.10 Å². The molecule has 1 heterocycles. The molecular formula is C15H13ClN2O2. The number of aromatic nitrogens is 2. The van der Waals surface area contributed by atoms with Crippen molar-refractivity contribution in [3.05, 3.63) is 47.5 Å². The highest BCUT2D eigenvalue weighted by molar-refractivity contribution is 6.31. The average Bonchev–Trinajstić information content (AvgIpc) is 2.78. The molecule has 0 saturated carbocycles. The molecule has 0 aliphatic rings. The Bertz CT molecular complexity index is 750. The Kier molecular flexibility index (Phi) is 3.34. The summed E-state index contributed by atoms with van der Waals surface area (Å²) in [6.07, 6.45) is 0. The first kappa shape index (κ1) is 13.0. The number of aromatic hydroxyl groups is 1. The van der Waals surface area contributed by atoms with Gasteiger partial charge in [0.15, 0.2) is 0 Å². The largest absolute Gasteiger partial charge is 0.508 e. The SMILES string of the molecule is OCCn1nc(-c2ccc(O)cc2)c2ccc(Cl)cc21. The van der Waals surface area contributed by atoms with E-state index in [2.05, 4.69) is 5.10 Å². The third kappa shape index (κ3) is 2.24. The van der Waals surface area contributed by atoms with E-state index in [4.69, 9.17) is 16.7 Å². The van der Waals surface area contributed by atoms with Gasteiger partial charge in [0.2, 0.25) is 0 Å². The van der Waals surface area contributed by atoms with Gasteiger partial charge >= 0.3 is 0 Å². The summed E-state index contributed by atoms with van der Waals surface area (Å²) in [4.78, 5) is 0. The lowest BCUT2D eigenvalue weighted by molar-refractivity contribution is 0.272. The summed E-state index contributed by atoms with van der Waals surface area (Å²) in [6, 6.07) is 12.5. The molecule has 102 valence electrons. The van der Waals surface area contributed by atoms with E-state index in [1.54, 1.807) is 16.8 Å². The summed E-state index contributed by atoms with van der Waals surface area (Å²) >= 11 is 6.03. The Balaban J connectivity index is 2.22. The Labute approximate surface area is 120 Å². The number of benzene rings is 2. The molecule has 5 heteroatoms. The molecule has 0 spiro atoms. The fraction of sp³-hybridized carbons (Fsp3) is 0.133. The first-order valence-electron chi connectivity index (χ1n) is 6.25. The average molecular weight is 289 g/mol. The van der Waals surface area contributed by atoms with Crippen LogP contribution in [0, 0.1) is 0 Å². The number of hydrogen-bond donors (Lipinski definition) is 2. The molecule has 0 unspecified atom stereocenters. The van der Waals surface area contributed by atoms with Gasteiger partial charge in [0.05, 0.1) is 18.7 Å². The minimum atomic E-state index is 0.0122. The zero-order chi connectivity index (χ0) is 14.1. The van der Waals surface area contributed by atoms with Crippen LogP contribution in [0.3, 0.4) is 0 Å². The molecule has 2 N–H and O–H groups in total. The summed E-state index contributed by atoms with van der Waals surface area (Å²) < 4.78 is 1.74. The van der Waals surface area contributed by atoms with Crippen molar-refractivity contribution in [2.75, 3.05) is 6.61 Å². The first-order chi connectivity index (χ1) is 9.69. The lowest BCUT2D eigenvalue weighted by Gasteiger charge is -1.99. The van der Waals surface area contributed by atoms with E-state index in [0.29, 0.717) is 11.6 Å². The number of fused-ring (bicyclic) bond motifs is 1. The molecule has 0 saturated heterocycles. The van der Waals surface area contributed by atoms with Gasteiger partial charge in [-0.05, 0) is 42.5 Å². The number of halogens is 1. The molecule has 0 bridgehead atoms. The maximum atomic E-state index is 9.37. The second-order valence-corrected chi connectivity index (χ2v) is 4.94. The Morgan fingerprint density at radius 2 is 1.85 bits per heavy atom. The van der Waals surface area contributed by atoms with Crippen LogP contribution in [-0.2, 0) is 6.54 Å². The molecule has 0 radical (unpaired) electrons. The zero-order valence-corrected chi connectivity index (χ0v) is 11.4. The van der Waals surface area contributed by atoms with E-state index < -0.39 is 0 Å². The van der Waals surface area contributed by atoms with E-state index in [1.165, 1.54) is 0 Å². The van der Waals surface area contributed by atoms with Crippen LogP contribution in [-0.4, -0.2) is 26.6 Å². The number of aliphatic hydroxyl groups is 1. The summed E-state index contributed by atoms with van der Waals surface area (Å²) in [5.41, 5.74) is 2.60. The molecule has 4 nitrogen and oxygen atoms in total. The normalized spacial score (nSPS) is 11.1. The lowest BCUT2D eigenvalue weighted by atomic mass is 10.1. The quantitative estimate of drug-likeness (QED) is 0.779. The van der Waals surface area contributed by atoms with E-state index in [1.807, 2.05) is 30.3 Å². The molecular weight excluding hydrogens is 276 g/mol. The van der Waals surface area contributed by atoms with Crippen molar-refractivity contribution in [1.82, 2.24) is 9.78 Å². The van der Waals surface area contributed by atoms with Crippen LogP contribution in [0.5, 0.6) is 5.75 Å². The van der Waals surface area contributed by atoms with E-state index in [-0.39, 0.29) is 12.4 Å². The highest BCUT2D eigenvalue weighted by Gasteiger charge is 2.12. The van der Waals surface area contributed by atoms with Gasteiger partial charge in [-0.1, -0.05) is 11.6 Å². The molecule has 3 rings (SSSR count). The number of nitrogens with zero attached hydrogens (tertiary/aromatic N) is 2. The van der Waals surface area contributed by atoms with Gasteiger partial charge in [-0.3, -0.25) is 4.68 Å². The van der Waals surface area contributed by atoms with Crippen LogP contribution in [0.4, 0.5) is 0 Å². The third-order valence-corrected chi connectivity index (χ3v) is 3.40. The van der Waals surface area contributed by atoms with Crippen LogP contribution in [0.15, 0.2) is 42.5 Å². The smallest absolute Gasteiger partial charge is 0.115 e. The topological polar surface area (TPSA) is 58.3 Å². The fourth-order valence-electron chi connectivity index (χ4n) is 2.24. The van der Waals surface area contributed by atoms with Crippen LogP contribution in [0.1, 0.15) is 0 Å². The summed E-state index contributed by atoms with van der Waals surface area (Å²) in [5, 5.41) is 24.6. The Hall–Kier alpha value is -2.04. The van der Waals surface area contributed by atoms with Gasteiger partial charge in [-0.25, -0.2) is 0 Å². The highest BCUT2D eigenvalue weighted by Crippen LogP contribution is 2.30. The van der Waals surface area contributed by atoms with E-state index in [9.17, 15) is 5.11 Å². The van der Waals surface area contributed by atoms with Crippen LogP contribution >= 0.6 is 11.6 Å².